The highest BCUT2D eigenvalue weighted by molar-refractivity contribution is 5.85. The molecule has 1 aliphatic rings. The van der Waals surface area contributed by atoms with E-state index < -0.39 is 5.54 Å². The number of rotatable bonds is 5. The van der Waals surface area contributed by atoms with Gasteiger partial charge in [0, 0.05) is 19.4 Å². The number of carbonyl (C=O) groups excluding carboxylic acids is 1. The van der Waals surface area contributed by atoms with Crippen molar-refractivity contribution in [2.45, 2.75) is 44.3 Å². The Morgan fingerprint density at radius 1 is 1.57 bits per heavy atom. The van der Waals surface area contributed by atoms with Gasteiger partial charge in [0.1, 0.15) is 6.04 Å². The van der Waals surface area contributed by atoms with E-state index >= 15 is 0 Å². The lowest BCUT2D eigenvalue weighted by molar-refractivity contribution is -0.134. The van der Waals surface area contributed by atoms with Gasteiger partial charge >= 0.3 is 0 Å². The van der Waals surface area contributed by atoms with E-state index in [1.54, 1.807) is 42.0 Å². The molecule has 2 aromatic rings. The van der Waals surface area contributed by atoms with Gasteiger partial charge in [-0.1, -0.05) is 5.16 Å². The van der Waals surface area contributed by atoms with Crippen LogP contribution in [0, 0.1) is 0 Å². The van der Waals surface area contributed by atoms with Crippen LogP contribution in [0.2, 0.25) is 0 Å². The molecular formula is C14H21ClN6O2. The number of nitrogens with two attached hydrogens (primary N) is 1. The van der Waals surface area contributed by atoms with E-state index in [1.165, 1.54) is 0 Å². The third-order valence-corrected chi connectivity index (χ3v) is 4.19. The molecule has 9 heteroatoms. The highest BCUT2D eigenvalue weighted by Gasteiger charge is 2.39. The number of carbonyl (C=O) groups is 1. The van der Waals surface area contributed by atoms with E-state index in [0.29, 0.717) is 11.7 Å². The molecule has 0 saturated heterocycles. The molecule has 126 valence electrons. The summed E-state index contributed by atoms with van der Waals surface area (Å²) in [6.45, 7) is 2.06. The van der Waals surface area contributed by atoms with Crippen LogP contribution in [0.4, 0.5) is 0 Å². The maximum atomic E-state index is 12.4. The third-order valence-electron chi connectivity index (χ3n) is 4.19. The Labute approximate surface area is 140 Å². The van der Waals surface area contributed by atoms with Crippen LogP contribution in [0.5, 0.6) is 0 Å². The van der Waals surface area contributed by atoms with Crippen molar-refractivity contribution in [1.82, 2.24) is 24.8 Å². The third kappa shape index (κ3) is 3.37. The monoisotopic (exact) mass is 340 g/mol. The number of hydrogen-bond donors (Lipinski definition) is 1. The van der Waals surface area contributed by atoms with Crippen LogP contribution in [0.15, 0.2) is 23.0 Å². The Hall–Kier alpha value is -1.93. The van der Waals surface area contributed by atoms with Crippen molar-refractivity contribution in [3.63, 3.8) is 0 Å². The molecule has 2 aromatic heterocycles. The molecule has 1 aliphatic carbocycles. The summed E-state index contributed by atoms with van der Waals surface area (Å²) in [5.41, 5.74) is 5.71. The molecule has 0 spiro atoms. The average molecular weight is 341 g/mol. The number of halogens is 1. The van der Waals surface area contributed by atoms with Crippen molar-refractivity contribution >= 4 is 18.3 Å². The van der Waals surface area contributed by atoms with Crippen LogP contribution < -0.4 is 5.73 Å². The second-order valence-corrected chi connectivity index (χ2v) is 5.88. The quantitative estimate of drug-likeness (QED) is 0.878. The van der Waals surface area contributed by atoms with Crippen molar-refractivity contribution in [1.29, 1.82) is 0 Å². The first-order valence-electron chi connectivity index (χ1n) is 7.36. The lowest BCUT2D eigenvalue weighted by Crippen LogP contribution is -2.44. The number of nitrogens with zero attached hydrogens (tertiary/aromatic N) is 5. The van der Waals surface area contributed by atoms with Gasteiger partial charge in [-0.15, -0.1) is 12.4 Å². The SMILES string of the molecule is CC(C(=O)N(C)Cc1nc(C2(N)CCC2)no1)n1cccn1.Cl. The molecule has 23 heavy (non-hydrogen) atoms. The Balaban J connectivity index is 0.00000192. The summed E-state index contributed by atoms with van der Waals surface area (Å²) in [6.07, 6.45) is 6.23. The number of aromatic nitrogens is 4. The van der Waals surface area contributed by atoms with Crippen molar-refractivity contribution in [2.24, 2.45) is 5.73 Å². The van der Waals surface area contributed by atoms with Gasteiger partial charge in [-0.3, -0.25) is 9.48 Å². The standard InChI is InChI=1S/C14H20N6O2.ClH/c1-10(20-8-4-7-16-20)12(21)19(2)9-11-17-13(18-22-11)14(15)5-3-6-14;/h4,7-8,10H,3,5-6,9,15H2,1-2H3;1H. The van der Waals surface area contributed by atoms with E-state index in [4.69, 9.17) is 10.3 Å². The Bertz CT molecular complexity index is 652. The second-order valence-electron chi connectivity index (χ2n) is 5.88. The maximum absolute atomic E-state index is 12.4. The summed E-state index contributed by atoms with van der Waals surface area (Å²) in [5.74, 6) is 0.861. The number of amides is 1. The molecule has 1 amide bonds. The van der Waals surface area contributed by atoms with Crippen LogP contribution in [0.1, 0.15) is 43.9 Å². The fourth-order valence-electron chi connectivity index (χ4n) is 2.53. The molecule has 0 bridgehead atoms. The molecule has 1 saturated carbocycles. The minimum atomic E-state index is -0.452. The highest BCUT2D eigenvalue weighted by Crippen LogP contribution is 2.36. The van der Waals surface area contributed by atoms with E-state index in [9.17, 15) is 4.79 Å². The van der Waals surface area contributed by atoms with Crippen LogP contribution in [0.3, 0.4) is 0 Å². The van der Waals surface area contributed by atoms with Gasteiger partial charge in [0.15, 0.2) is 5.82 Å². The molecule has 2 heterocycles. The van der Waals surface area contributed by atoms with E-state index in [2.05, 4.69) is 15.2 Å². The fraction of sp³-hybridized carbons (Fsp3) is 0.571. The number of hydrogen-bond acceptors (Lipinski definition) is 6. The zero-order valence-electron chi connectivity index (χ0n) is 13.2. The molecule has 0 aromatic carbocycles. The number of likely N-dealkylation sites (N-methyl/N-ethyl adjacent to an activating group) is 1. The second kappa shape index (κ2) is 6.67. The van der Waals surface area contributed by atoms with Crippen LogP contribution in [-0.4, -0.2) is 37.8 Å². The molecule has 0 aliphatic heterocycles. The summed E-state index contributed by atoms with van der Waals surface area (Å²) in [4.78, 5) is 18.2. The zero-order chi connectivity index (χ0) is 15.7. The van der Waals surface area contributed by atoms with Gasteiger partial charge in [0.05, 0.1) is 12.1 Å². The molecule has 8 nitrogen and oxygen atoms in total. The zero-order valence-corrected chi connectivity index (χ0v) is 14.0. The summed E-state index contributed by atoms with van der Waals surface area (Å²) in [7, 11) is 1.70. The first kappa shape index (κ1) is 17.4. The lowest BCUT2D eigenvalue weighted by atomic mass is 9.77. The van der Waals surface area contributed by atoms with Gasteiger partial charge in [-0.2, -0.15) is 10.1 Å². The van der Waals surface area contributed by atoms with Gasteiger partial charge < -0.3 is 15.2 Å². The smallest absolute Gasteiger partial charge is 0.247 e. The largest absolute Gasteiger partial charge is 0.337 e. The van der Waals surface area contributed by atoms with Gasteiger partial charge in [0.25, 0.3) is 0 Å². The molecule has 1 fully saturated rings. The molecule has 3 rings (SSSR count). The summed E-state index contributed by atoms with van der Waals surface area (Å²) in [6, 6.07) is 1.41. The summed E-state index contributed by atoms with van der Waals surface area (Å²) in [5, 5.41) is 8.03. The average Bonchev–Trinajstić information content (AvgIpc) is 3.14. The summed E-state index contributed by atoms with van der Waals surface area (Å²) >= 11 is 0. The minimum absolute atomic E-state index is 0. The predicted molar refractivity (Wildman–Crippen MR) is 84.7 cm³/mol. The topological polar surface area (TPSA) is 103 Å². The molecule has 0 radical (unpaired) electrons. The fourth-order valence-corrected chi connectivity index (χ4v) is 2.53. The highest BCUT2D eigenvalue weighted by atomic mass is 35.5. The Kier molecular flexibility index (Phi) is 5.06. The Morgan fingerprint density at radius 3 is 2.87 bits per heavy atom. The molecular weight excluding hydrogens is 320 g/mol. The minimum Gasteiger partial charge on any atom is -0.337 e. The lowest BCUT2D eigenvalue weighted by Gasteiger charge is -2.34. The van der Waals surface area contributed by atoms with Gasteiger partial charge in [-0.05, 0) is 32.3 Å². The van der Waals surface area contributed by atoms with Crippen LogP contribution in [-0.2, 0) is 16.9 Å². The van der Waals surface area contributed by atoms with Crippen molar-refractivity contribution in [3.05, 3.63) is 30.2 Å². The summed E-state index contributed by atoms with van der Waals surface area (Å²) < 4.78 is 6.83. The first-order valence-corrected chi connectivity index (χ1v) is 7.36. The normalized spacial score (nSPS) is 17.0. The van der Waals surface area contributed by atoms with Crippen molar-refractivity contribution in [2.75, 3.05) is 7.05 Å². The first-order chi connectivity index (χ1) is 10.5. The van der Waals surface area contributed by atoms with Crippen molar-refractivity contribution in [3.8, 4) is 0 Å². The van der Waals surface area contributed by atoms with Crippen molar-refractivity contribution < 1.29 is 9.32 Å². The van der Waals surface area contributed by atoms with E-state index in [-0.39, 0.29) is 30.9 Å². The maximum Gasteiger partial charge on any atom is 0.247 e. The van der Waals surface area contributed by atoms with Gasteiger partial charge in [-0.25, -0.2) is 0 Å². The van der Waals surface area contributed by atoms with E-state index in [1.807, 2.05) is 0 Å². The predicted octanol–water partition coefficient (Wildman–Crippen LogP) is 1.25. The van der Waals surface area contributed by atoms with Crippen LogP contribution in [0.25, 0.3) is 0 Å². The van der Waals surface area contributed by atoms with E-state index in [0.717, 1.165) is 19.3 Å². The van der Waals surface area contributed by atoms with Gasteiger partial charge in [0.2, 0.25) is 11.8 Å². The molecule has 1 unspecified atom stereocenters. The Morgan fingerprint density at radius 2 is 2.30 bits per heavy atom. The molecule has 1 atom stereocenters. The molecule has 2 N–H and O–H groups in total. The van der Waals surface area contributed by atoms with Crippen LogP contribution >= 0.6 is 12.4 Å².